The maximum absolute atomic E-state index is 13.3. The molecule has 2 fully saturated rings. The van der Waals surface area contributed by atoms with Crippen molar-refractivity contribution in [2.45, 2.75) is 37.6 Å². The van der Waals surface area contributed by atoms with Crippen molar-refractivity contribution in [3.63, 3.8) is 0 Å². The number of benzene rings is 1. The topological polar surface area (TPSA) is 131 Å². The standard InChI is InChI=1S/C25H31N3O8S/c1-13-19(28(20(13)29)22(31)24(33)36-6)14(2)25(34)37-17-11-18(26(3)12-17)21(30)27(4)16-9-7-8-15(10-16)23(32)35-5/h7-10,13-14,17-19H,11-12H2,1-6H3. The van der Waals surface area contributed by atoms with Gasteiger partial charge in [-0.25, -0.2) is 9.59 Å². The molecular weight excluding hydrogens is 502 g/mol. The van der Waals surface area contributed by atoms with E-state index in [0.29, 0.717) is 24.2 Å². The first-order valence-electron chi connectivity index (χ1n) is 11.7. The van der Waals surface area contributed by atoms with Crippen molar-refractivity contribution in [2.24, 2.45) is 11.8 Å². The van der Waals surface area contributed by atoms with Crippen molar-refractivity contribution < 1.29 is 38.2 Å². The number of rotatable bonds is 6. The van der Waals surface area contributed by atoms with E-state index in [1.165, 1.54) is 12.0 Å². The average Bonchev–Trinajstić information content (AvgIpc) is 3.27. The number of anilines is 1. The van der Waals surface area contributed by atoms with Crippen LogP contribution in [0.5, 0.6) is 0 Å². The summed E-state index contributed by atoms with van der Waals surface area (Å²) in [6.07, 6.45) is 0.420. The summed E-state index contributed by atoms with van der Waals surface area (Å²) in [5.41, 5.74) is 0.872. The average molecular weight is 534 g/mol. The molecule has 3 rings (SSSR count). The van der Waals surface area contributed by atoms with Crippen LogP contribution in [0.1, 0.15) is 30.6 Å². The predicted octanol–water partition coefficient (Wildman–Crippen LogP) is 0.951. The number of hydrogen-bond acceptors (Lipinski definition) is 10. The Hall–Kier alpha value is -3.25. The van der Waals surface area contributed by atoms with Crippen LogP contribution in [0.3, 0.4) is 0 Å². The molecule has 2 saturated heterocycles. The van der Waals surface area contributed by atoms with Crippen LogP contribution < -0.4 is 4.90 Å². The van der Waals surface area contributed by atoms with Crippen LogP contribution in [0.4, 0.5) is 5.69 Å². The van der Waals surface area contributed by atoms with E-state index in [1.807, 2.05) is 4.90 Å². The van der Waals surface area contributed by atoms with Crippen molar-refractivity contribution in [1.29, 1.82) is 0 Å². The lowest BCUT2D eigenvalue weighted by molar-refractivity contribution is -0.176. The van der Waals surface area contributed by atoms with Gasteiger partial charge in [0.1, 0.15) is 0 Å². The van der Waals surface area contributed by atoms with Crippen molar-refractivity contribution in [1.82, 2.24) is 9.80 Å². The van der Waals surface area contributed by atoms with Gasteiger partial charge in [-0.1, -0.05) is 31.7 Å². The third-order valence-corrected chi connectivity index (χ3v) is 8.24. The number of ether oxygens (including phenoxy) is 2. The summed E-state index contributed by atoms with van der Waals surface area (Å²) in [7, 11) is 5.77. The first-order chi connectivity index (χ1) is 17.4. The van der Waals surface area contributed by atoms with Gasteiger partial charge in [0.25, 0.3) is 0 Å². The van der Waals surface area contributed by atoms with Gasteiger partial charge < -0.3 is 14.4 Å². The second kappa shape index (κ2) is 11.4. The highest BCUT2D eigenvalue weighted by molar-refractivity contribution is 8.14. The van der Waals surface area contributed by atoms with E-state index in [0.717, 1.165) is 23.8 Å². The molecule has 0 aliphatic carbocycles. The van der Waals surface area contributed by atoms with Crippen LogP contribution in [0, 0.1) is 11.8 Å². The number of thioether (sulfide) groups is 1. The minimum absolute atomic E-state index is 0.179. The Morgan fingerprint density at radius 3 is 2.43 bits per heavy atom. The van der Waals surface area contributed by atoms with Gasteiger partial charge in [-0.15, -0.1) is 0 Å². The highest BCUT2D eigenvalue weighted by atomic mass is 32.2. The lowest BCUT2D eigenvalue weighted by atomic mass is 9.81. The van der Waals surface area contributed by atoms with Crippen molar-refractivity contribution in [2.75, 3.05) is 39.8 Å². The molecule has 12 heteroatoms. The summed E-state index contributed by atoms with van der Waals surface area (Å²) >= 11 is 1.09. The van der Waals surface area contributed by atoms with Crippen molar-refractivity contribution >= 4 is 52.2 Å². The largest absolute Gasteiger partial charge is 0.465 e. The molecule has 0 bridgehead atoms. The molecule has 200 valence electrons. The fourth-order valence-corrected chi connectivity index (χ4v) is 6.05. The second-order valence-electron chi connectivity index (χ2n) is 9.26. The molecule has 2 aliphatic heterocycles. The van der Waals surface area contributed by atoms with Gasteiger partial charge in [0.2, 0.25) is 11.8 Å². The van der Waals surface area contributed by atoms with Gasteiger partial charge in [-0.2, -0.15) is 0 Å². The van der Waals surface area contributed by atoms with Gasteiger partial charge >= 0.3 is 17.8 Å². The van der Waals surface area contributed by atoms with E-state index < -0.39 is 47.7 Å². The second-order valence-corrected chi connectivity index (χ2v) is 10.6. The van der Waals surface area contributed by atoms with Gasteiger partial charge in [-0.3, -0.25) is 29.0 Å². The molecule has 37 heavy (non-hydrogen) atoms. The maximum atomic E-state index is 13.3. The molecule has 5 atom stereocenters. The van der Waals surface area contributed by atoms with Crippen LogP contribution >= 0.6 is 11.8 Å². The number of likely N-dealkylation sites (N-methyl/N-ethyl adjacent to an activating group) is 2. The highest BCUT2D eigenvalue weighted by Crippen LogP contribution is 2.37. The smallest absolute Gasteiger partial charge is 0.397 e. The molecule has 0 aromatic heterocycles. The lowest BCUT2D eigenvalue weighted by Gasteiger charge is -2.46. The van der Waals surface area contributed by atoms with Crippen LogP contribution in [0.25, 0.3) is 0 Å². The number of methoxy groups -OCH3 is 2. The van der Waals surface area contributed by atoms with E-state index >= 15 is 0 Å². The fourth-order valence-electron chi connectivity index (χ4n) is 4.78. The number of carbonyl (C=O) groups excluding carboxylic acids is 6. The normalized spacial score (nSPS) is 24.2. The minimum atomic E-state index is -1.16. The van der Waals surface area contributed by atoms with Crippen LogP contribution in [-0.2, 0) is 33.4 Å². The summed E-state index contributed by atoms with van der Waals surface area (Å²) < 4.78 is 9.18. The quantitative estimate of drug-likeness (QED) is 0.296. The fraction of sp³-hybridized carbons (Fsp3) is 0.520. The lowest BCUT2D eigenvalue weighted by Crippen LogP contribution is -2.66. The number of likely N-dealkylation sites (tertiary alicyclic amines) is 2. The first-order valence-corrected chi connectivity index (χ1v) is 12.6. The van der Waals surface area contributed by atoms with E-state index in [1.54, 1.807) is 52.2 Å². The first kappa shape index (κ1) is 28.3. The summed E-state index contributed by atoms with van der Waals surface area (Å²) in [6.45, 7) is 3.73. The maximum Gasteiger partial charge on any atom is 0.397 e. The van der Waals surface area contributed by atoms with Gasteiger partial charge in [0, 0.05) is 30.4 Å². The number of β-lactam (4-membered cyclic amide) rings is 1. The molecule has 2 heterocycles. The Kier molecular flexibility index (Phi) is 8.75. The molecule has 5 unspecified atom stereocenters. The molecule has 3 amide bonds. The molecule has 1 aromatic carbocycles. The van der Waals surface area contributed by atoms with Gasteiger partial charge in [0.15, 0.2) is 5.12 Å². The molecule has 0 saturated carbocycles. The molecule has 0 radical (unpaired) electrons. The summed E-state index contributed by atoms with van der Waals surface area (Å²) in [5.74, 6) is -4.71. The number of hydrogen-bond donors (Lipinski definition) is 0. The number of carbonyl (C=O) groups is 6. The molecule has 0 N–H and O–H groups in total. The number of imide groups is 1. The van der Waals surface area contributed by atoms with E-state index in [9.17, 15) is 28.8 Å². The SMILES string of the molecule is COC(=O)C(=O)N1C(=O)C(C)C1C(C)C(=O)SC1CC(C(=O)N(C)c2cccc(C(=O)OC)c2)N(C)C1. The Labute approximate surface area is 219 Å². The van der Waals surface area contributed by atoms with Crippen molar-refractivity contribution in [3.8, 4) is 0 Å². The Bertz CT molecular complexity index is 1120. The summed E-state index contributed by atoms with van der Waals surface area (Å²) in [6, 6.07) is 5.36. The highest BCUT2D eigenvalue weighted by Gasteiger charge is 2.54. The number of amides is 3. The third-order valence-electron chi connectivity index (χ3n) is 6.96. The summed E-state index contributed by atoms with van der Waals surface area (Å²) in [5, 5.41) is -0.405. The molecule has 1 aromatic rings. The van der Waals surface area contributed by atoms with Crippen LogP contribution in [-0.4, -0.2) is 96.8 Å². The minimum Gasteiger partial charge on any atom is -0.465 e. The number of nitrogens with zero attached hydrogens (tertiary/aromatic N) is 3. The van der Waals surface area contributed by atoms with Gasteiger partial charge in [0.05, 0.1) is 37.8 Å². The third kappa shape index (κ3) is 5.54. The Balaban J connectivity index is 1.64. The summed E-state index contributed by atoms with van der Waals surface area (Å²) in [4.78, 5) is 78.5. The van der Waals surface area contributed by atoms with Gasteiger partial charge in [-0.05, 0) is 31.7 Å². The molecular formula is C25H31N3O8S. The molecule has 2 aliphatic rings. The molecule has 11 nitrogen and oxygen atoms in total. The van der Waals surface area contributed by atoms with E-state index in [2.05, 4.69) is 4.74 Å². The van der Waals surface area contributed by atoms with Crippen molar-refractivity contribution in [3.05, 3.63) is 29.8 Å². The van der Waals surface area contributed by atoms with Crippen LogP contribution in [0.2, 0.25) is 0 Å². The monoisotopic (exact) mass is 533 g/mol. The zero-order chi connectivity index (χ0) is 27.6. The van der Waals surface area contributed by atoms with E-state index in [4.69, 9.17) is 4.74 Å². The Morgan fingerprint density at radius 1 is 1.14 bits per heavy atom. The predicted molar refractivity (Wildman–Crippen MR) is 135 cm³/mol. The zero-order valence-electron chi connectivity index (χ0n) is 21.6. The van der Waals surface area contributed by atoms with E-state index in [-0.39, 0.29) is 16.3 Å². The van der Waals surface area contributed by atoms with Crippen LogP contribution in [0.15, 0.2) is 24.3 Å². The zero-order valence-corrected chi connectivity index (χ0v) is 22.4. The molecule has 0 spiro atoms. The number of esters is 2. The Morgan fingerprint density at radius 2 is 1.81 bits per heavy atom.